The third-order valence-electron chi connectivity index (χ3n) is 4.59. The van der Waals surface area contributed by atoms with Crippen LogP contribution in [0.1, 0.15) is 18.9 Å². The number of nitrogens with zero attached hydrogens (tertiary/aromatic N) is 3. The predicted octanol–water partition coefficient (Wildman–Crippen LogP) is 4.11. The van der Waals surface area contributed by atoms with E-state index in [0.717, 1.165) is 29.5 Å². The van der Waals surface area contributed by atoms with Gasteiger partial charge in [-0.15, -0.1) is 11.3 Å². The Kier molecular flexibility index (Phi) is 5.48. The average Bonchev–Trinajstić information content (AvgIpc) is 3.19. The number of aryl methyl sites for hydroxylation is 1. The standard InChI is InChI=1S/C22H20N4O2S/c1-2-5-15-8-10-16(11-9-15)19-14-29-22(24-19)25-20(27)13-26-21(28)18-7-4-3-6-17(18)12-23-26/h3-4,6-12,14H,2,5,13H2,1H3,(H,24,25,27). The minimum absolute atomic E-state index is 0.162. The van der Waals surface area contributed by atoms with Crippen molar-refractivity contribution in [2.45, 2.75) is 26.3 Å². The van der Waals surface area contributed by atoms with Crippen LogP contribution in [0.5, 0.6) is 0 Å². The number of nitrogens with one attached hydrogen (secondary N) is 1. The zero-order valence-electron chi connectivity index (χ0n) is 16.0. The Morgan fingerprint density at radius 3 is 2.72 bits per heavy atom. The first-order chi connectivity index (χ1) is 14.1. The molecule has 0 spiro atoms. The van der Waals surface area contributed by atoms with Crippen molar-refractivity contribution in [3.05, 3.63) is 76.0 Å². The number of benzene rings is 2. The number of carbonyl (C=O) groups excluding carboxylic acids is 1. The topological polar surface area (TPSA) is 76.9 Å². The summed E-state index contributed by atoms with van der Waals surface area (Å²) in [4.78, 5) is 29.4. The molecule has 1 N–H and O–H groups in total. The van der Waals surface area contributed by atoms with Gasteiger partial charge in [0.05, 0.1) is 17.3 Å². The lowest BCUT2D eigenvalue weighted by molar-refractivity contribution is -0.117. The van der Waals surface area contributed by atoms with Crippen LogP contribution in [-0.4, -0.2) is 20.7 Å². The van der Waals surface area contributed by atoms with Crippen LogP contribution in [0.4, 0.5) is 5.13 Å². The van der Waals surface area contributed by atoms with E-state index in [4.69, 9.17) is 0 Å². The van der Waals surface area contributed by atoms with Gasteiger partial charge in [0, 0.05) is 16.3 Å². The molecule has 0 radical (unpaired) electrons. The number of hydrogen-bond donors (Lipinski definition) is 1. The molecule has 2 heterocycles. The molecule has 0 bridgehead atoms. The van der Waals surface area contributed by atoms with Crippen LogP contribution in [0, 0.1) is 0 Å². The van der Waals surface area contributed by atoms with E-state index in [-0.39, 0.29) is 18.0 Å². The Hall–Kier alpha value is -3.32. The normalized spacial score (nSPS) is 10.9. The first kappa shape index (κ1) is 19.0. The van der Waals surface area contributed by atoms with E-state index in [0.29, 0.717) is 10.5 Å². The molecule has 0 aliphatic heterocycles. The van der Waals surface area contributed by atoms with Gasteiger partial charge in [0.15, 0.2) is 5.13 Å². The minimum Gasteiger partial charge on any atom is -0.300 e. The first-order valence-corrected chi connectivity index (χ1v) is 10.3. The van der Waals surface area contributed by atoms with Crippen LogP contribution in [-0.2, 0) is 17.8 Å². The Bertz CT molecular complexity index is 1210. The van der Waals surface area contributed by atoms with E-state index in [1.165, 1.54) is 21.6 Å². The van der Waals surface area contributed by atoms with Gasteiger partial charge < -0.3 is 5.32 Å². The smallest absolute Gasteiger partial charge is 0.275 e. The molecule has 0 atom stereocenters. The number of fused-ring (bicyclic) bond motifs is 1. The van der Waals surface area contributed by atoms with Gasteiger partial charge in [0.1, 0.15) is 6.54 Å². The quantitative estimate of drug-likeness (QED) is 0.525. The van der Waals surface area contributed by atoms with Crippen LogP contribution < -0.4 is 10.9 Å². The molecular formula is C22H20N4O2S. The van der Waals surface area contributed by atoms with Crippen LogP contribution >= 0.6 is 11.3 Å². The summed E-state index contributed by atoms with van der Waals surface area (Å²) in [6.45, 7) is 2.00. The molecule has 2 aromatic carbocycles. The Morgan fingerprint density at radius 1 is 1.14 bits per heavy atom. The maximum absolute atomic E-state index is 12.5. The van der Waals surface area contributed by atoms with E-state index >= 15 is 0 Å². The molecule has 0 saturated heterocycles. The molecule has 2 aromatic heterocycles. The van der Waals surface area contributed by atoms with Crippen molar-refractivity contribution in [2.75, 3.05) is 5.32 Å². The molecule has 6 nitrogen and oxygen atoms in total. The highest BCUT2D eigenvalue weighted by Crippen LogP contribution is 2.25. The lowest BCUT2D eigenvalue weighted by Crippen LogP contribution is -2.29. The van der Waals surface area contributed by atoms with Crippen LogP contribution in [0.15, 0.2) is 64.9 Å². The molecule has 0 unspecified atom stereocenters. The molecule has 29 heavy (non-hydrogen) atoms. The van der Waals surface area contributed by atoms with Crippen molar-refractivity contribution < 1.29 is 4.79 Å². The number of hydrogen-bond acceptors (Lipinski definition) is 5. The summed E-state index contributed by atoms with van der Waals surface area (Å²) < 4.78 is 1.17. The second-order valence-electron chi connectivity index (χ2n) is 6.73. The number of thiazole rings is 1. The summed E-state index contributed by atoms with van der Waals surface area (Å²) in [5, 5.41) is 10.5. The Labute approximate surface area is 171 Å². The van der Waals surface area contributed by atoms with Crippen LogP contribution in [0.2, 0.25) is 0 Å². The Morgan fingerprint density at radius 2 is 1.93 bits per heavy atom. The predicted molar refractivity (Wildman–Crippen MR) is 116 cm³/mol. The summed E-state index contributed by atoms with van der Waals surface area (Å²) >= 11 is 1.35. The lowest BCUT2D eigenvalue weighted by atomic mass is 10.1. The van der Waals surface area contributed by atoms with Crippen molar-refractivity contribution in [2.24, 2.45) is 0 Å². The minimum atomic E-state index is -0.339. The average molecular weight is 404 g/mol. The number of anilines is 1. The first-order valence-electron chi connectivity index (χ1n) is 9.43. The highest BCUT2D eigenvalue weighted by atomic mass is 32.1. The summed E-state index contributed by atoms with van der Waals surface area (Å²) in [5.41, 5.74) is 2.84. The van der Waals surface area contributed by atoms with Crippen molar-refractivity contribution in [3.8, 4) is 11.3 Å². The van der Waals surface area contributed by atoms with Gasteiger partial charge in [-0.3, -0.25) is 9.59 Å². The maximum Gasteiger partial charge on any atom is 0.275 e. The van der Waals surface area contributed by atoms with E-state index in [2.05, 4.69) is 34.5 Å². The molecule has 0 fully saturated rings. The van der Waals surface area contributed by atoms with Gasteiger partial charge in [0.2, 0.25) is 5.91 Å². The second-order valence-corrected chi connectivity index (χ2v) is 7.59. The van der Waals surface area contributed by atoms with E-state index < -0.39 is 0 Å². The van der Waals surface area contributed by atoms with E-state index in [1.807, 2.05) is 29.6 Å². The highest BCUT2D eigenvalue weighted by molar-refractivity contribution is 7.14. The van der Waals surface area contributed by atoms with E-state index in [9.17, 15) is 9.59 Å². The second kappa shape index (κ2) is 8.36. The van der Waals surface area contributed by atoms with Crippen LogP contribution in [0.25, 0.3) is 22.0 Å². The maximum atomic E-state index is 12.5. The number of aromatic nitrogens is 3. The SMILES string of the molecule is CCCc1ccc(-c2csc(NC(=O)Cn3ncc4ccccc4c3=O)n2)cc1. The zero-order valence-corrected chi connectivity index (χ0v) is 16.8. The zero-order chi connectivity index (χ0) is 20.2. The summed E-state index contributed by atoms with van der Waals surface area (Å²) in [6, 6.07) is 15.5. The molecule has 0 aliphatic carbocycles. The summed E-state index contributed by atoms with van der Waals surface area (Å²) in [5.74, 6) is -0.339. The van der Waals surface area contributed by atoms with Gasteiger partial charge in [-0.25, -0.2) is 9.67 Å². The number of amides is 1. The molecule has 0 saturated carbocycles. The fourth-order valence-electron chi connectivity index (χ4n) is 3.13. The fourth-order valence-corrected chi connectivity index (χ4v) is 3.87. The molecular weight excluding hydrogens is 384 g/mol. The largest absolute Gasteiger partial charge is 0.300 e. The van der Waals surface area contributed by atoms with Crippen molar-refractivity contribution >= 4 is 33.1 Å². The summed E-state index contributed by atoms with van der Waals surface area (Å²) in [6.07, 6.45) is 3.76. The lowest BCUT2D eigenvalue weighted by Gasteiger charge is -2.05. The highest BCUT2D eigenvalue weighted by Gasteiger charge is 2.11. The molecule has 4 aromatic rings. The molecule has 7 heteroatoms. The molecule has 4 rings (SSSR count). The van der Waals surface area contributed by atoms with Crippen molar-refractivity contribution in [3.63, 3.8) is 0 Å². The van der Waals surface area contributed by atoms with Gasteiger partial charge in [0.25, 0.3) is 5.56 Å². The third-order valence-corrected chi connectivity index (χ3v) is 5.35. The number of rotatable bonds is 6. The molecule has 0 aliphatic rings. The van der Waals surface area contributed by atoms with Gasteiger partial charge >= 0.3 is 0 Å². The summed E-state index contributed by atoms with van der Waals surface area (Å²) in [7, 11) is 0. The Balaban J connectivity index is 1.45. The van der Waals surface area contributed by atoms with Crippen LogP contribution in [0.3, 0.4) is 0 Å². The van der Waals surface area contributed by atoms with Gasteiger partial charge in [-0.2, -0.15) is 5.10 Å². The van der Waals surface area contributed by atoms with E-state index in [1.54, 1.807) is 18.3 Å². The molecule has 146 valence electrons. The molecule has 1 amide bonds. The third kappa shape index (κ3) is 4.25. The van der Waals surface area contributed by atoms with Gasteiger partial charge in [-0.05, 0) is 18.1 Å². The van der Waals surface area contributed by atoms with Crippen molar-refractivity contribution in [1.82, 2.24) is 14.8 Å². The number of carbonyl (C=O) groups is 1. The monoisotopic (exact) mass is 404 g/mol. The van der Waals surface area contributed by atoms with Gasteiger partial charge in [-0.1, -0.05) is 55.8 Å². The van der Waals surface area contributed by atoms with Crippen molar-refractivity contribution in [1.29, 1.82) is 0 Å². The fraction of sp³-hybridized carbons (Fsp3) is 0.182.